The molecule has 0 fully saturated rings. The van der Waals surface area contributed by atoms with Gasteiger partial charge in [-0.3, -0.25) is 4.79 Å². The van der Waals surface area contributed by atoms with E-state index in [1.165, 1.54) is 17.4 Å². The van der Waals surface area contributed by atoms with Gasteiger partial charge in [-0.15, -0.1) is 6.42 Å². The standard InChI is InChI=1S/C23H22N2O5S/c1-6-13-25-21-17(28-3)10-11-18(29-4)22(21)31-23(25)24-20(26)12-8-15-7-9-16(27-2)19(14-15)30-5/h1,7-12,14H,13H2,2-5H3/b12-8-,24-23?. The number of ether oxygens (including phenoxy) is 4. The lowest BCUT2D eigenvalue weighted by Gasteiger charge is -2.08. The van der Waals surface area contributed by atoms with Crippen LogP contribution in [0.4, 0.5) is 0 Å². The molecule has 2 aromatic carbocycles. The number of benzene rings is 2. The van der Waals surface area contributed by atoms with Gasteiger partial charge in [0.15, 0.2) is 16.3 Å². The monoisotopic (exact) mass is 438 g/mol. The number of fused-ring (bicyclic) bond motifs is 1. The Labute approximate surface area is 184 Å². The van der Waals surface area contributed by atoms with E-state index in [1.807, 2.05) is 6.07 Å². The zero-order valence-corrected chi connectivity index (χ0v) is 18.5. The van der Waals surface area contributed by atoms with Gasteiger partial charge in [-0.05, 0) is 35.9 Å². The number of thiazole rings is 1. The van der Waals surface area contributed by atoms with E-state index < -0.39 is 5.91 Å². The maximum Gasteiger partial charge on any atom is 0.272 e. The highest BCUT2D eigenvalue weighted by Crippen LogP contribution is 2.35. The van der Waals surface area contributed by atoms with Crippen LogP contribution in [0.3, 0.4) is 0 Å². The molecule has 31 heavy (non-hydrogen) atoms. The number of methoxy groups -OCH3 is 4. The smallest absolute Gasteiger partial charge is 0.272 e. The molecule has 0 saturated heterocycles. The molecule has 1 amide bonds. The molecule has 7 nitrogen and oxygen atoms in total. The van der Waals surface area contributed by atoms with Crippen molar-refractivity contribution in [3.05, 3.63) is 46.8 Å². The quantitative estimate of drug-likeness (QED) is 0.417. The normalized spacial score (nSPS) is 11.5. The van der Waals surface area contributed by atoms with Crippen molar-refractivity contribution in [2.24, 2.45) is 4.99 Å². The second kappa shape index (κ2) is 9.87. The predicted molar refractivity (Wildman–Crippen MR) is 121 cm³/mol. The minimum atomic E-state index is -0.426. The Morgan fingerprint density at radius 3 is 2.32 bits per heavy atom. The average molecular weight is 439 g/mol. The number of aromatic nitrogens is 1. The molecule has 1 heterocycles. The van der Waals surface area contributed by atoms with Gasteiger partial charge in [-0.2, -0.15) is 4.99 Å². The number of rotatable bonds is 7. The van der Waals surface area contributed by atoms with Gasteiger partial charge in [0.2, 0.25) is 0 Å². The van der Waals surface area contributed by atoms with Crippen molar-refractivity contribution >= 4 is 33.5 Å². The van der Waals surface area contributed by atoms with E-state index in [-0.39, 0.29) is 6.54 Å². The van der Waals surface area contributed by atoms with Gasteiger partial charge >= 0.3 is 0 Å². The lowest BCUT2D eigenvalue weighted by Crippen LogP contribution is -2.16. The fourth-order valence-electron chi connectivity index (χ4n) is 3.03. The molecule has 0 saturated carbocycles. The molecule has 0 N–H and O–H groups in total. The third-order valence-corrected chi connectivity index (χ3v) is 5.57. The molecular weight excluding hydrogens is 416 g/mol. The number of hydrogen-bond acceptors (Lipinski definition) is 6. The lowest BCUT2D eigenvalue weighted by atomic mass is 10.2. The van der Waals surface area contributed by atoms with E-state index in [1.54, 1.807) is 63.3 Å². The summed E-state index contributed by atoms with van der Waals surface area (Å²) in [6.07, 6.45) is 8.61. The molecule has 0 aliphatic heterocycles. The van der Waals surface area contributed by atoms with Crippen LogP contribution in [-0.2, 0) is 11.3 Å². The molecular formula is C23H22N2O5S. The molecule has 1 aromatic heterocycles. The first-order valence-corrected chi connectivity index (χ1v) is 10.0. The van der Waals surface area contributed by atoms with Crippen LogP contribution in [0.2, 0.25) is 0 Å². The Morgan fingerprint density at radius 1 is 1.03 bits per heavy atom. The SMILES string of the molecule is C#CCn1c(=NC(=O)/C=C\c2ccc(OC)c(OC)c2)sc2c(OC)ccc(OC)c21. The highest BCUT2D eigenvalue weighted by molar-refractivity contribution is 7.16. The highest BCUT2D eigenvalue weighted by Gasteiger charge is 2.15. The summed E-state index contributed by atoms with van der Waals surface area (Å²) in [5, 5.41) is 0. The van der Waals surface area contributed by atoms with Crippen LogP contribution in [0.5, 0.6) is 23.0 Å². The number of carbonyl (C=O) groups excluding carboxylic acids is 1. The Hall–Kier alpha value is -3.70. The summed E-state index contributed by atoms with van der Waals surface area (Å²) in [5.74, 6) is 4.64. The van der Waals surface area contributed by atoms with Gasteiger partial charge in [-0.1, -0.05) is 23.3 Å². The van der Waals surface area contributed by atoms with E-state index in [0.717, 1.165) is 15.8 Å². The summed E-state index contributed by atoms with van der Waals surface area (Å²) in [7, 11) is 6.28. The third-order valence-electron chi connectivity index (χ3n) is 4.47. The summed E-state index contributed by atoms with van der Waals surface area (Å²) in [5.41, 5.74) is 1.51. The third kappa shape index (κ3) is 4.57. The first kappa shape index (κ1) is 22.0. The van der Waals surface area contributed by atoms with Crippen LogP contribution in [-0.4, -0.2) is 38.9 Å². The first-order valence-electron chi connectivity index (χ1n) is 9.22. The number of terminal acetylenes is 1. The van der Waals surface area contributed by atoms with E-state index in [4.69, 9.17) is 25.4 Å². The van der Waals surface area contributed by atoms with Gasteiger partial charge < -0.3 is 23.5 Å². The van der Waals surface area contributed by atoms with Crippen LogP contribution in [0.15, 0.2) is 41.4 Å². The van der Waals surface area contributed by atoms with Crippen LogP contribution < -0.4 is 23.7 Å². The molecule has 0 aliphatic rings. The second-order valence-corrected chi connectivity index (χ2v) is 7.20. The molecule has 0 bridgehead atoms. The largest absolute Gasteiger partial charge is 0.495 e. The average Bonchev–Trinajstić information content (AvgIpc) is 3.15. The van der Waals surface area contributed by atoms with Gasteiger partial charge in [0.25, 0.3) is 5.91 Å². The molecule has 0 radical (unpaired) electrons. The van der Waals surface area contributed by atoms with Crippen molar-refractivity contribution in [2.45, 2.75) is 6.54 Å². The van der Waals surface area contributed by atoms with Crippen LogP contribution in [0.25, 0.3) is 16.3 Å². The predicted octanol–water partition coefficient (Wildman–Crippen LogP) is 3.51. The molecule has 0 aliphatic carbocycles. The number of amides is 1. The zero-order valence-electron chi connectivity index (χ0n) is 17.7. The molecule has 0 unspecified atom stereocenters. The lowest BCUT2D eigenvalue weighted by molar-refractivity contribution is -0.113. The fourth-order valence-corrected chi connectivity index (χ4v) is 4.18. The second-order valence-electron chi connectivity index (χ2n) is 6.22. The Balaban J connectivity index is 2.03. The maximum absolute atomic E-state index is 12.6. The van der Waals surface area contributed by atoms with Crippen LogP contribution >= 0.6 is 11.3 Å². The maximum atomic E-state index is 12.6. The van der Waals surface area contributed by atoms with Crippen molar-refractivity contribution in [1.29, 1.82) is 0 Å². The van der Waals surface area contributed by atoms with E-state index in [9.17, 15) is 4.79 Å². The van der Waals surface area contributed by atoms with Gasteiger partial charge in [0.05, 0.1) is 35.0 Å². The summed E-state index contributed by atoms with van der Waals surface area (Å²) in [6, 6.07) is 8.96. The Morgan fingerprint density at radius 2 is 1.68 bits per heavy atom. The number of carbonyl (C=O) groups is 1. The van der Waals surface area contributed by atoms with Gasteiger partial charge in [0, 0.05) is 6.08 Å². The Kier molecular flexibility index (Phi) is 7.00. The highest BCUT2D eigenvalue weighted by atomic mass is 32.1. The molecule has 160 valence electrons. The van der Waals surface area contributed by atoms with Crippen molar-refractivity contribution < 1.29 is 23.7 Å². The minimum Gasteiger partial charge on any atom is -0.495 e. The fraction of sp³-hybridized carbons (Fsp3) is 0.217. The van der Waals surface area contributed by atoms with Crippen LogP contribution in [0, 0.1) is 12.3 Å². The van der Waals surface area contributed by atoms with E-state index in [2.05, 4.69) is 10.9 Å². The Bertz CT molecular complexity index is 1250. The molecule has 3 aromatic rings. The van der Waals surface area contributed by atoms with Crippen molar-refractivity contribution in [2.75, 3.05) is 28.4 Å². The summed E-state index contributed by atoms with van der Waals surface area (Å²) < 4.78 is 24.0. The van der Waals surface area contributed by atoms with Crippen molar-refractivity contribution in [3.8, 4) is 35.3 Å². The van der Waals surface area contributed by atoms with E-state index >= 15 is 0 Å². The summed E-state index contributed by atoms with van der Waals surface area (Å²) in [4.78, 5) is 17.3. The molecule has 8 heteroatoms. The van der Waals surface area contributed by atoms with Crippen LogP contribution in [0.1, 0.15) is 5.56 Å². The molecule has 0 atom stereocenters. The zero-order chi connectivity index (χ0) is 22.4. The molecule has 0 spiro atoms. The van der Waals surface area contributed by atoms with E-state index in [0.29, 0.717) is 27.8 Å². The number of hydrogen-bond donors (Lipinski definition) is 0. The summed E-state index contributed by atoms with van der Waals surface area (Å²) >= 11 is 1.31. The first-order chi connectivity index (χ1) is 15.1. The molecule has 3 rings (SSSR count). The van der Waals surface area contributed by atoms with Gasteiger partial charge in [-0.25, -0.2) is 0 Å². The number of nitrogens with zero attached hydrogens (tertiary/aromatic N) is 2. The van der Waals surface area contributed by atoms with Crippen molar-refractivity contribution in [3.63, 3.8) is 0 Å². The minimum absolute atomic E-state index is 0.231. The van der Waals surface area contributed by atoms with Crippen molar-refractivity contribution in [1.82, 2.24) is 4.57 Å². The summed E-state index contributed by atoms with van der Waals surface area (Å²) in [6.45, 7) is 0.231. The topological polar surface area (TPSA) is 71.3 Å². The van der Waals surface area contributed by atoms with Gasteiger partial charge in [0.1, 0.15) is 21.7 Å².